The highest BCUT2D eigenvalue weighted by atomic mass is 32.1. The van der Waals surface area contributed by atoms with Crippen molar-refractivity contribution in [3.8, 4) is 5.88 Å². The molecule has 0 spiro atoms. The third kappa shape index (κ3) is 2.26. The molecule has 0 saturated heterocycles. The molecule has 0 aliphatic rings. The van der Waals surface area contributed by atoms with Crippen LogP contribution < -0.4 is 11.2 Å². The molecule has 0 unspecified atom stereocenters. The first-order chi connectivity index (χ1) is 12.4. The molecular weight excluding hydrogens is 356 g/mol. The lowest BCUT2D eigenvalue weighted by atomic mass is 10.2. The minimum Gasteiger partial charge on any atom is -0.492 e. The molecule has 0 fully saturated rings. The van der Waals surface area contributed by atoms with E-state index in [1.54, 1.807) is 0 Å². The minimum absolute atomic E-state index is 0.120. The van der Waals surface area contributed by atoms with E-state index in [9.17, 15) is 14.7 Å². The van der Waals surface area contributed by atoms with Crippen LogP contribution in [0.15, 0.2) is 44.1 Å². The van der Waals surface area contributed by atoms with E-state index in [-0.39, 0.29) is 22.0 Å². The third-order valence-electron chi connectivity index (χ3n) is 4.11. The van der Waals surface area contributed by atoms with Crippen LogP contribution in [-0.2, 0) is 14.1 Å². The Morgan fingerprint density at radius 3 is 2.46 bits per heavy atom. The van der Waals surface area contributed by atoms with Gasteiger partial charge in [-0.05, 0) is 19.1 Å². The molecule has 0 radical (unpaired) electrons. The predicted molar refractivity (Wildman–Crippen MR) is 98.1 cm³/mol. The molecule has 0 amide bonds. The van der Waals surface area contributed by atoms with Crippen LogP contribution in [-0.4, -0.2) is 23.6 Å². The van der Waals surface area contributed by atoms with E-state index < -0.39 is 11.2 Å². The number of azo groups is 1. The molecule has 10 heteroatoms. The molecule has 9 nitrogen and oxygen atoms in total. The Hall–Kier alpha value is -3.27. The summed E-state index contributed by atoms with van der Waals surface area (Å²) in [4.78, 5) is 29.1. The Morgan fingerprint density at radius 2 is 1.77 bits per heavy atom. The van der Waals surface area contributed by atoms with Crippen LogP contribution in [0.2, 0.25) is 0 Å². The zero-order chi connectivity index (χ0) is 18.6. The summed E-state index contributed by atoms with van der Waals surface area (Å²) >= 11 is 1.08. The van der Waals surface area contributed by atoms with E-state index in [0.29, 0.717) is 10.6 Å². The first-order valence-electron chi connectivity index (χ1n) is 7.67. The highest BCUT2D eigenvalue weighted by Crippen LogP contribution is 2.38. The van der Waals surface area contributed by atoms with Gasteiger partial charge in [0.2, 0.25) is 15.8 Å². The van der Waals surface area contributed by atoms with Gasteiger partial charge in [-0.2, -0.15) is 4.98 Å². The van der Waals surface area contributed by atoms with Gasteiger partial charge < -0.3 is 5.11 Å². The van der Waals surface area contributed by atoms with Crippen LogP contribution in [0.3, 0.4) is 0 Å². The van der Waals surface area contributed by atoms with E-state index in [4.69, 9.17) is 0 Å². The maximum absolute atomic E-state index is 12.5. The van der Waals surface area contributed by atoms with Gasteiger partial charge in [-0.15, -0.1) is 10.2 Å². The Labute approximate surface area is 150 Å². The topological polar surface area (TPSA) is 106 Å². The zero-order valence-electron chi connectivity index (χ0n) is 14.2. The second kappa shape index (κ2) is 5.63. The van der Waals surface area contributed by atoms with Gasteiger partial charge in [-0.25, -0.2) is 9.20 Å². The van der Waals surface area contributed by atoms with Crippen molar-refractivity contribution in [3.05, 3.63) is 50.7 Å². The monoisotopic (exact) mass is 370 g/mol. The van der Waals surface area contributed by atoms with Crippen molar-refractivity contribution in [1.29, 1.82) is 0 Å². The number of benzene rings is 1. The van der Waals surface area contributed by atoms with Gasteiger partial charge in [0, 0.05) is 14.1 Å². The highest BCUT2D eigenvalue weighted by molar-refractivity contribution is 7.21. The number of aryl methyl sites for hydroxylation is 2. The quantitative estimate of drug-likeness (QED) is 0.547. The van der Waals surface area contributed by atoms with Crippen LogP contribution in [0.5, 0.6) is 5.88 Å². The maximum atomic E-state index is 12.5. The number of hydrogen-bond acceptors (Lipinski definition) is 7. The van der Waals surface area contributed by atoms with Crippen molar-refractivity contribution in [3.63, 3.8) is 0 Å². The van der Waals surface area contributed by atoms with E-state index in [1.807, 2.05) is 31.2 Å². The summed E-state index contributed by atoms with van der Waals surface area (Å²) in [6.45, 7) is 1.97. The SMILES string of the molecule is Cc1ccc(N=Nc2sc3nc4c(c(=O)n(C)c(=O)n4C)n3c2O)cc1. The van der Waals surface area contributed by atoms with Gasteiger partial charge in [-0.1, -0.05) is 29.0 Å². The van der Waals surface area contributed by atoms with Gasteiger partial charge in [0.25, 0.3) is 5.56 Å². The Balaban J connectivity index is 1.92. The zero-order valence-corrected chi connectivity index (χ0v) is 15.0. The molecule has 0 atom stereocenters. The molecule has 26 heavy (non-hydrogen) atoms. The molecule has 3 heterocycles. The number of hydrogen-bond donors (Lipinski definition) is 1. The molecule has 0 aliphatic heterocycles. The molecule has 1 aromatic carbocycles. The molecule has 3 aromatic heterocycles. The van der Waals surface area contributed by atoms with Crippen LogP contribution in [0.4, 0.5) is 10.7 Å². The van der Waals surface area contributed by atoms with Crippen LogP contribution in [0.1, 0.15) is 5.56 Å². The summed E-state index contributed by atoms with van der Waals surface area (Å²) in [6, 6.07) is 7.45. The van der Waals surface area contributed by atoms with Crippen molar-refractivity contribution in [2.24, 2.45) is 24.3 Å². The second-order valence-electron chi connectivity index (χ2n) is 5.87. The lowest BCUT2D eigenvalue weighted by molar-refractivity contribution is 0.452. The maximum Gasteiger partial charge on any atom is 0.332 e. The fraction of sp³-hybridized carbons (Fsp3) is 0.188. The number of rotatable bonds is 2. The number of imidazole rings is 1. The number of fused-ring (bicyclic) bond motifs is 3. The minimum atomic E-state index is -0.536. The normalized spacial score (nSPS) is 12.0. The van der Waals surface area contributed by atoms with Gasteiger partial charge in [-0.3, -0.25) is 13.9 Å². The Bertz CT molecular complexity index is 1310. The fourth-order valence-corrected chi connectivity index (χ4v) is 3.49. The summed E-state index contributed by atoms with van der Waals surface area (Å²) in [5.74, 6) is -0.237. The second-order valence-corrected chi connectivity index (χ2v) is 6.83. The van der Waals surface area contributed by atoms with E-state index in [2.05, 4.69) is 15.2 Å². The molecule has 4 aromatic rings. The molecule has 4 rings (SSSR count). The van der Waals surface area contributed by atoms with Crippen molar-refractivity contribution in [2.75, 3.05) is 0 Å². The predicted octanol–water partition coefficient (Wildman–Crippen LogP) is 2.38. The number of aromatic nitrogens is 4. The smallest absolute Gasteiger partial charge is 0.332 e. The van der Waals surface area contributed by atoms with Crippen LogP contribution in [0, 0.1) is 6.92 Å². The van der Waals surface area contributed by atoms with E-state index in [0.717, 1.165) is 21.5 Å². The summed E-state index contributed by atoms with van der Waals surface area (Å²) in [5.41, 5.74) is 1.06. The van der Waals surface area contributed by atoms with Crippen molar-refractivity contribution < 1.29 is 5.11 Å². The highest BCUT2D eigenvalue weighted by Gasteiger charge is 2.21. The first kappa shape index (κ1) is 16.2. The largest absolute Gasteiger partial charge is 0.492 e. The number of nitrogens with zero attached hydrogens (tertiary/aromatic N) is 6. The average molecular weight is 370 g/mol. The summed E-state index contributed by atoms with van der Waals surface area (Å²) < 4.78 is 3.54. The van der Waals surface area contributed by atoms with Gasteiger partial charge in [0.05, 0.1) is 5.69 Å². The van der Waals surface area contributed by atoms with Crippen molar-refractivity contribution in [2.45, 2.75) is 6.92 Å². The van der Waals surface area contributed by atoms with E-state index in [1.165, 1.54) is 23.1 Å². The lowest BCUT2D eigenvalue weighted by Crippen LogP contribution is -2.37. The lowest BCUT2D eigenvalue weighted by Gasteiger charge is -2.02. The molecular formula is C16H14N6O3S. The number of thiazole rings is 1. The average Bonchev–Trinajstić information content (AvgIpc) is 3.15. The molecule has 132 valence electrons. The molecule has 0 aliphatic carbocycles. The summed E-state index contributed by atoms with van der Waals surface area (Å²) in [6.07, 6.45) is 0. The van der Waals surface area contributed by atoms with E-state index >= 15 is 0 Å². The van der Waals surface area contributed by atoms with Crippen molar-refractivity contribution >= 4 is 38.2 Å². The van der Waals surface area contributed by atoms with Gasteiger partial charge in [0.15, 0.2) is 11.2 Å². The standard InChI is InChI=1S/C16H14N6O3S/c1-8-4-6-9(7-5-8)18-19-12-14(24)22-10-11(17-15(22)26-12)20(2)16(25)21(3)13(10)23/h4-7,24H,1-3H3. The summed E-state index contributed by atoms with van der Waals surface area (Å²) in [5, 5.41) is 18.9. The van der Waals surface area contributed by atoms with Crippen LogP contribution in [0.25, 0.3) is 16.1 Å². The number of aromatic hydroxyl groups is 1. The Kier molecular flexibility index (Phi) is 3.51. The third-order valence-corrected chi connectivity index (χ3v) is 5.02. The van der Waals surface area contributed by atoms with Gasteiger partial charge in [0.1, 0.15) is 0 Å². The van der Waals surface area contributed by atoms with Crippen LogP contribution >= 0.6 is 11.3 Å². The molecule has 1 N–H and O–H groups in total. The molecule has 0 bridgehead atoms. The first-order valence-corrected chi connectivity index (χ1v) is 8.48. The Morgan fingerprint density at radius 1 is 1.08 bits per heavy atom. The van der Waals surface area contributed by atoms with Crippen molar-refractivity contribution in [1.82, 2.24) is 18.5 Å². The van der Waals surface area contributed by atoms with Gasteiger partial charge >= 0.3 is 5.69 Å². The molecule has 0 saturated carbocycles. The fourth-order valence-electron chi connectivity index (χ4n) is 2.65. The summed E-state index contributed by atoms with van der Waals surface area (Å²) in [7, 11) is 2.90.